The Hall–Kier alpha value is -1.82. The highest BCUT2D eigenvalue weighted by Crippen LogP contribution is 2.48. The molecular formula is C15H16N2O. The summed E-state index contributed by atoms with van der Waals surface area (Å²) in [5, 5.41) is 8.97. The predicted octanol–water partition coefficient (Wildman–Crippen LogP) is 1.93. The third-order valence-corrected chi connectivity index (χ3v) is 4.61. The molecule has 2 bridgehead atoms. The number of hydrogen-bond donors (Lipinski definition) is 1. The summed E-state index contributed by atoms with van der Waals surface area (Å²) in [5.74, 6) is 0.409. The highest BCUT2D eigenvalue weighted by Gasteiger charge is 2.46. The molecule has 2 atom stereocenters. The molecule has 1 saturated carbocycles. The highest BCUT2D eigenvalue weighted by atomic mass is 16.1. The topological polar surface area (TPSA) is 66.9 Å². The summed E-state index contributed by atoms with van der Waals surface area (Å²) in [6.07, 6.45) is 4.66. The van der Waals surface area contributed by atoms with Gasteiger partial charge in [-0.3, -0.25) is 4.79 Å². The van der Waals surface area contributed by atoms with Crippen LogP contribution in [0.2, 0.25) is 0 Å². The Balaban J connectivity index is 2.07. The minimum absolute atomic E-state index is 0.166. The van der Waals surface area contributed by atoms with Gasteiger partial charge in [-0.2, -0.15) is 5.26 Å². The molecule has 0 radical (unpaired) electrons. The normalized spacial score (nSPS) is 29.2. The molecule has 2 unspecified atom stereocenters. The van der Waals surface area contributed by atoms with Gasteiger partial charge in [0.25, 0.3) is 0 Å². The van der Waals surface area contributed by atoms with Crippen LogP contribution in [0.1, 0.15) is 36.0 Å². The number of carbonyl (C=O) groups excluding carboxylic acids is 1. The van der Waals surface area contributed by atoms with Crippen LogP contribution >= 0.6 is 0 Å². The van der Waals surface area contributed by atoms with Crippen molar-refractivity contribution in [1.82, 2.24) is 0 Å². The quantitative estimate of drug-likeness (QED) is 0.815. The molecular weight excluding hydrogens is 224 g/mol. The Bertz CT molecular complexity index is 558. The molecule has 18 heavy (non-hydrogen) atoms. The minimum atomic E-state index is -0.357. The second-order valence-corrected chi connectivity index (χ2v) is 5.73. The van der Waals surface area contributed by atoms with Gasteiger partial charge in [0.1, 0.15) is 0 Å². The first-order valence-corrected chi connectivity index (χ1v) is 6.45. The van der Waals surface area contributed by atoms with Gasteiger partial charge in [-0.25, -0.2) is 0 Å². The molecule has 2 aliphatic carbocycles. The summed E-state index contributed by atoms with van der Waals surface area (Å²) in [6, 6.07) is 8.01. The summed E-state index contributed by atoms with van der Waals surface area (Å²) in [5.41, 5.74) is 8.39. The molecule has 3 nitrogen and oxygen atoms in total. The van der Waals surface area contributed by atoms with Gasteiger partial charge in [0, 0.05) is 0 Å². The number of hydrogen-bond acceptors (Lipinski definition) is 2. The van der Waals surface area contributed by atoms with Gasteiger partial charge in [-0.1, -0.05) is 6.07 Å². The molecule has 1 aromatic rings. The fourth-order valence-corrected chi connectivity index (χ4v) is 3.62. The third-order valence-electron chi connectivity index (χ3n) is 4.61. The Labute approximate surface area is 107 Å². The number of amides is 1. The van der Waals surface area contributed by atoms with E-state index in [0.717, 1.165) is 31.2 Å². The number of fused-ring (bicyclic) bond motifs is 3. The summed E-state index contributed by atoms with van der Waals surface area (Å²) in [4.78, 5) is 11.8. The molecule has 0 aliphatic heterocycles. The lowest BCUT2D eigenvalue weighted by Gasteiger charge is -2.25. The van der Waals surface area contributed by atoms with Crippen molar-refractivity contribution in [3.63, 3.8) is 0 Å². The number of carbonyl (C=O) groups is 1. The van der Waals surface area contributed by atoms with Crippen molar-refractivity contribution in [2.45, 2.75) is 32.1 Å². The van der Waals surface area contributed by atoms with E-state index in [1.807, 2.05) is 18.2 Å². The fraction of sp³-hybridized carbons (Fsp3) is 0.467. The van der Waals surface area contributed by atoms with Gasteiger partial charge < -0.3 is 5.73 Å². The Morgan fingerprint density at radius 2 is 2.28 bits per heavy atom. The van der Waals surface area contributed by atoms with Crippen LogP contribution < -0.4 is 5.73 Å². The van der Waals surface area contributed by atoms with Gasteiger partial charge >= 0.3 is 0 Å². The van der Waals surface area contributed by atoms with Crippen molar-refractivity contribution >= 4 is 5.91 Å². The van der Waals surface area contributed by atoms with Crippen LogP contribution in [0.3, 0.4) is 0 Å². The van der Waals surface area contributed by atoms with Crippen LogP contribution in [0.25, 0.3) is 0 Å². The molecule has 0 spiro atoms. The molecule has 3 heteroatoms. The molecule has 1 aromatic carbocycles. The number of nitrogens with two attached hydrogens (primary N) is 1. The van der Waals surface area contributed by atoms with E-state index in [1.54, 1.807) is 0 Å². The van der Waals surface area contributed by atoms with E-state index in [1.165, 1.54) is 5.56 Å². The lowest BCUT2D eigenvalue weighted by molar-refractivity contribution is -0.127. The lowest BCUT2D eigenvalue weighted by Crippen LogP contribution is -2.36. The lowest BCUT2D eigenvalue weighted by atomic mass is 9.79. The summed E-state index contributed by atoms with van der Waals surface area (Å²) >= 11 is 0. The maximum atomic E-state index is 11.8. The van der Waals surface area contributed by atoms with Crippen molar-refractivity contribution in [2.24, 2.45) is 17.1 Å². The van der Waals surface area contributed by atoms with E-state index in [2.05, 4.69) is 6.07 Å². The number of nitriles is 1. The predicted molar refractivity (Wildman–Crippen MR) is 67.5 cm³/mol. The average Bonchev–Trinajstić information content (AvgIpc) is 2.67. The average molecular weight is 240 g/mol. The van der Waals surface area contributed by atoms with E-state index in [0.29, 0.717) is 17.9 Å². The van der Waals surface area contributed by atoms with Gasteiger partial charge in [0.05, 0.1) is 17.0 Å². The molecule has 3 rings (SSSR count). The van der Waals surface area contributed by atoms with E-state index >= 15 is 0 Å². The van der Waals surface area contributed by atoms with E-state index < -0.39 is 0 Å². The largest absolute Gasteiger partial charge is 0.369 e. The zero-order chi connectivity index (χ0) is 12.8. The molecule has 2 N–H and O–H groups in total. The van der Waals surface area contributed by atoms with E-state index in [-0.39, 0.29) is 11.3 Å². The first-order valence-electron chi connectivity index (χ1n) is 6.45. The van der Waals surface area contributed by atoms with Crippen molar-refractivity contribution in [1.29, 1.82) is 5.26 Å². The SMILES string of the molecule is N#Cc1ccc2c(c1)CC1(C(N)=O)CCC(C2)C1. The number of rotatable bonds is 1. The van der Waals surface area contributed by atoms with Crippen molar-refractivity contribution in [3.8, 4) is 6.07 Å². The third kappa shape index (κ3) is 1.60. The smallest absolute Gasteiger partial charge is 0.223 e. The Kier molecular flexibility index (Phi) is 2.41. The summed E-state index contributed by atoms with van der Waals surface area (Å²) in [7, 11) is 0. The standard InChI is InChI=1S/C15H16N2O/c16-9-11-1-2-12-5-10-3-4-15(7-10,14(17)18)8-13(12)6-11/h1-2,6,10H,3-5,7-8H2,(H2,17,18). The summed E-state index contributed by atoms with van der Waals surface area (Å²) in [6.45, 7) is 0. The van der Waals surface area contributed by atoms with Crippen molar-refractivity contribution in [3.05, 3.63) is 34.9 Å². The van der Waals surface area contributed by atoms with Gasteiger partial charge in [-0.05, 0) is 61.3 Å². The number of primary amides is 1. The van der Waals surface area contributed by atoms with E-state index in [9.17, 15) is 4.79 Å². The first kappa shape index (κ1) is 11.3. The van der Waals surface area contributed by atoms with Crippen molar-refractivity contribution < 1.29 is 4.79 Å². The minimum Gasteiger partial charge on any atom is -0.369 e. The molecule has 0 aromatic heterocycles. The Morgan fingerprint density at radius 1 is 1.44 bits per heavy atom. The second kappa shape index (κ2) is 3.84. The molecule has 1 fully saturated rings. The van der Waals surface area contributed by atoms with Gasteiger partial charge in [-0.15, -0.1) is 0 Å². The van der Waals surface area contributed by atoms with Crippen LogP contribution in [0.5, 0.6) is 0 Å². The van der Waals surface area contributed by atoms with Crippen LogP contribution in [0.4, 0.5) is 0 Å². The van der Waals surface area contributed by atoms with Gasteiger partial charge in [0.15, 0.2) is 0 Å². The zero-order valence-electron chi connectivity index (χ0n) is 10.3. The van der Waals surface area contributed by atoms with Crippen LogP contribution in [0.15, 0.2) is 18.2 Å². The summed E-state index contributed by atoms with van der Waals surface area (Å²) < 4.78 is 0. The van der Waals surface area contributed by atoms with Crippen LogP contribution in [-0.4, -0.2) is 5.91 Å². The maximum absolute atomic E-state index is 11.8. The van der Waals surface area contributed by atoms with Crippen molar-refractivity contribution in [2.75, 3.05) is 0 Å². The molecule has 0 saturated heterocycles. The Morgan fingerprint density at radius 3 is 3.00 bits per heavy atom. The van der Waals surface area contributed by atoms with Gasteiger partial charge in [0.2, 0.25) is 5.91 Å². The fourth-order valence-electron chi connectivity index (χ4n) is 3.62. The second-order valence-electron chi connectivity index (χ2n) is 5.73. The number of nitrogens with zero attached hydrogens (tertiary/aromatic N) is 1. The van der Waals surface area contributed by atoms with Crippen LogP contribution in [0, 0.1) is 22.7 Å². The zero-order valence-corrected chi connectivity index (χ0v) is 10.3. The maximum Gasteiger partial charge on any atom is 0.223 e. The first-order chi connectivity index (χ1) is 8.63. The highest BCUT2D eigenvalue weighted by molar-refractivity contribution is 5.81. The molecule has 1 amide bonds. The molecule has 0 heterocycles. The van der Waals surface area contributed by atoms with E-state index in [4.69, 9.17) is 11.0 Å². The van der Waals surface area contributed by atoms with Crippen LogP contribution in [-0.2, 0) is 17.6 Å². The number of benzene rings is 1. The monoisotopic (exact) mass is 240 g/mol. The molecule has 92 valence electrons. The molecule has 2 aliphatic rings.